The third-order valence-corrected chi connectivity index (χ3v) is 4.87. The van der Waals surface area contributed by atoms with Crippen LogP contribution in [0.1, 0.15) is 25.3 Å². The smallest absolute Gasteiger partial charge is 0.0616 e. The molecule has 0 amide bonds. The van der Waals surface area contributed by atoms with E-state index in [1.54, 1.807) is 0 Å². The average molecular weight is 283 g/mol. The van der Waals surface area contributed by atoms with Crippen LogP contribution in [0.5, 0.6) is 0 Å². The van der Waals surface area contributed by atoms with Crippen LogP contribution in [0.2, 0.25) is 0 Å². The van der Waals surface area contributed by atoms with E-state index >= 15 is 0 Å². The van der Waals surface area contributed by atoms with Crippen LogP contribution in [-0.2, 0) is 11.2 Å². The highest BCUT2D eigenvalue weighted by Crippen LogP contribution is 2.29. The molecule has 112 valence electrons. The van der Waals surface area contributed by atoms with Crippen LogP contribution >= 0.6 is 0 Å². The summed E-state index contributed by atoms with van der Waals surface area (Å²) < 4.78 is 5.88. The Labute approximate surface area is 127 Å². The van der Waals surface area contributed by atoms with Crippen molar-refractivity contribution >= 4 is 10.8 Å². The highest BCUT2D eigenvalue weighted by molar-refractivity contribution is 5.85. The lowest BCUT2D eigenvalue weighted by molar-refractivity contribution is 0.0783. The first-order valence-corrected chi connectivity index (χ1v) is 8.09. The lowest BCUT2D eigenvalue weighted by Gasteiger charge is -2.27. The summed E-state index contributed by atoms with van der Waals surface area (Å²) in [6.45, 7) is 3.14. The van der Waals surface area contributed by atoms with Gasteiger partial charge in [0, 0.05) is 18.6 Å². The van der Waals surface area contributed by atoms with Crippen molar-refractivity contribution in [3.05, 3.63) is 48.0 Å². The van der Waals surface area contributed by atoms with Gasteiger partial charge in [-0.15, -0.1) is 0 Å². The maximum atomic E-state index is 5.88. The van der Waals surface area contributed by atoms with Gasteiger partial charge in [0.05, 0.1) is 6.10 Å². The van der Waals surface area contributed by atoms with Gasteiger partial charge in [0.1, 0.15) is 0 Å². The zero-order chi connectivity index (χ0) is 14.7. The van der Waals surface area contributed by atoms with E-state index in [1.807, 2.05) is 0 Å². The van der Waals surface area contributed by atoms with Crippen molar-refractivity contribution in [1.82, 2.24) is 5.32 Å². The third kappa shape index (κ3) is 2.97. The third-order valence-electron chi connectivity index (χ3n) is 4.87. The minimum absolute atomic E-state index is 0.414. The molecule has 2 heteroatoms. The van der Waals surface area contributed by atoms with Crippen LogP contribution in [0.4, 0.5) is 0 Å². The van der Waals surface area contributed by atoms with E-state index in [-0.39, 0.29) is 0 Å². The van der Waals surface area contributed by atoms with Gasteiger partial charge in [0.2, 0.25) is 0 Å². The Morgan fingerprint density at radius 3 is 2.81 bits per heavy atom. The van der Waals surface area contributed by atoms with E-state index in [0.29, 0.717) is 18.1 Å². The SMILES string of the molecule is CCC1OCCC1C(Cc1cccc2ccccc12)NC. The summed E-state index contributed by atoms with van der Waals surface area (Å²) in [4.78, 5) is 0. The molecule has 1 aliphatic rings. The second kappa shape index (κ2) is 6.59. The molecule has 21 heavy (non-hydrogen) atoms. The van der Waals surface area contributed by atoms with Crippen LogP contribution in [-0.4, -0.2) is 25.8 Å². The van der Waals surface area contributed by atoms with Crippen LogP contribution in [0, 0.1) is 5.92 Å². The van der Waals surface area contributed by atoms with Crippen LogP contribution < -0.4 is 5.32 Å². The number of rotatable bonds is 5. The highest BCUT2D eigenvalue weighted by atomic mass is 16.5. The molecule has 1 saturated heterocycles. The molecular formula is C19H25NO. The van der Waals surface area contributed by atoms with Gasteiger partial charge >= 0.3 is 0 Å². The van der Waals surface area contributed by atoms with Crippen molar-refractivity contribution in [3.63, 3.8) is 0 Å². The molecule has 0 radical (unpaired) electrons. The quantitative estimate of drug-likeness (QED) is 0.901. The number of hydrogen-bond donors (Lipinski definition) is 1. The number of likely N-dealkylation sites (N-methyl/N-ethyl adjacent to an activating group) is 1. The first-order valence-electron chi connectivity index (χ1n) is 8.09. The van der Waals surface area contributed by atoms with E-state index in [2.05, 4.69) is 61.8 Å². The zero-order valence-electron chi connectivity index (χ0n) is 13.0. The monoisotopic (exact) mass is 283 g/mol. The lowest BCUT2D eigenvalue weighted by atomic mass is 9.86. The van der Waals surface area contributed by atoms with E-state index in [0.717, 1.165) is 19.4 Å². The molecule has 2 aromatic carbocycles. The average Bonchev–Trinajstić information content (AvgIpc) is 3.01. The minimum Gasteiger partial charge on any atom is -0.378 e. The normalized spacial score (nSPS) is 23.5. The van der Waals surface area contributed by atoms with Crippen molar-refractivity contribution in [3.8, 4) is 0 Å². The Morgan fingerprint density at radius 1 is 1.19 bits per heavy atom. The van der Waals surface area contributed by atoms with Gasteiger partial charge in [0.25, 0.3) is 0 Å². The highest BCUT2D eigenvalue weighted by Gasteiger charge is 2.32. The maximum Gasteiger partial charge on any atom is 0.0616 e. The Bertz CT molecular complexity index is 590. The molecule has 2 aromatic rings. The van der Waals surface area contributed by atoms with Gasteiger partial charge in [-0.05, 0) is 42.6 Å². The molecule has 0 aliphatic carbocycles. The maximum absolute atomic E-state index is 5.88. The summed E-state index contributed by atoms with van der Waals surface area (Å²) in [5, 5.41) is 6.26. The number of benzene rings is 2. The lowest BCUT2D eigenvalue weighted by Crippen LogP contribution is -2.39. The van der Waals surface area contributed by atoms with E-state index in [1.165, 1.54) is 22.8 Å². The summed E-state index contributed by atoms with van der Waals surface area (Å²) >= 11 is 0. The molecule has 0 saturated carbocycles. The van der Waals surface area contributed by atoms with Gasteiger partial charge in [-0.2, -0.15) is 0 Å². The molecule has 1 fully saturated rings. The van der Waals surface area contributed by atoms with Crippen molar-refractivity contribution in [2.75, 3.05) is 13.7 Å². The molecule has 1 heterocycles. The molecule has 1 N–H and O–H groups in total. The fraction of sp³-hybridized carbons (Fsp3) is 0.474. The summed E-state index contributed by atoms with van der Waals surface area (Å²) in [5.74, 6) is 0.624. The zero-order valence-corrected chi connectivity index (χ0v) is 13.0. The Hall–Kier alpha value is -1.38. The number of fused-ring (bicyclic) bond motifs is 1. The minimum atomic E-state index is 0.414. The molecule has 0 aromatic heterocycles. The summed E-state index contributed by atoms with van der Waals surface area (Å²) in [7, 11) is 2.08. The fourth-order valence-electron chi connectivity index (χ4n) is 3.72. The molecular weight excluding hydrogens is 258 g/mol. The number of nitrogens with one attached hydrogen (secondary N) is 1. The van der Waals surface area contributed by atoms with Gasteiger partial charge in [-0.1, -0.05) is 49.4 Å². The molecule has 2 nitrogen and oxygen atoms in total. The predicted molar refractivity (Wildman–Crippen MR) is 88.6 cm³/mol. The summed E-state index contributed by atoms with van der Waals surface area (Å²) in [5.41, 5.74) is 1.44. The van der Waals surface area contributed by atoms with Gasteiger partial charge in [-0.25, -0.2) is 0 Å². The van der Waals surface area contributed by atoms with Crippen LogP contribution in [0.3, 0.4) is 0 Å². The number of hydrogen-bond acceptors (Lipinski definition) is 2. The molecule has 0 bridgehead atoms. The van der Waals surface area contributed by atoms with Crippen LogP contribution in [0.15, 0.2) is 42.5 Å². The predicted octanol–water partition coefficient (Wildman–Crippen LogP) is 3.79. The van der Waals surface area contributed by atoms with Crippen molar-refractivity contribution < 1.29 is 4.74 Å². The fourth-order valence-corrected chi connectivity index (χ4v) is 3.72. The van der Waals surface area contributed by atoms with Gasteiger partial charge in [-0.3, -0.25) is 0 Å². The molecule has 3 rings (SSSR count). The first-order chi connectivity index (χ1) is 10.3. The second-order valence-corrected chi connectivity index (χ2v) is 6.01. The molecule has 3 unspecified atom stereocenters. The Morgan fingerprint density at radius 2 is 2.00 bits per heavy atom. The van der Waals surface area contributed by atoms with E-state index in [9.17, 15) is 0 Å². The second-order valence-electron chi connectivity index (χ2n) is 6.01. The van der Waals surface area contributed by atoms with Gasteiger partial charge < -0.3 is 10.1 Å². The van der Waals surface area contributed by atoms with Gasteiger partial charge in [0.15, 0.2) is 0 Å². The van der Waals surface area contributed by atoms with Crippen molar-refractivity contribution in [2.24, 2.45) is 5.92 Å². The molecule has 3 atom stereocenters. The standard InChI is InChI=1S/C19H25NO/c1-3-19-17(11-12-21-19)18(20-2)13-15-9-6-8-14-7-4-5-10-16(14)15/h4-10,17-20H,3,11-13H2,1-2H3. The topological polar surface area (TPSA) is 21.3 Å². The Kier molecular flexibility index (Phi) is 4.57. The molecule has 0 spiro atoms. The summed E-state index contributed by atoms with van der Waals surface area (Å²) in [6, 6.07) is 15.8. The van der Waals surface area contributed by atoms with E-state index < -0.39 is 0 Å². The largest absolute Gasteiger partial charge is 0.378 e. The number of ether oxygens (including phenoxy) is 1. The van der Waals surface area contributed by atoms with Crippen molar-refractivity contribution in [1.29, 1.82) is 0 Å². The summed E-state index contributed by atoms with van der Waals surface area (Å²) in [6.07, 6.45) is 3.77. The van der Waals surface area contributed by atoms with Crippen LogP contribution in [0.25, 0.3) is 10.8 Å². The van der Waals surface area contributed by atoms with Crippen molar-refractivity contribution in [2.45, 2.75) is 38.3 Å². The van der Waals surface area contributed by atoms with E-state index in [4.69, 9.17) is 4.74 Å². The first kappa shape index (κ1) is 14.6. The Balaban J connectivity index is 1.86. The molecule has 1 aliphatic heterocycles.